The smallest absolute Gasteiger partial charge is 0.0593 e. The van der Waals surface area contributed by atoms with Crippen molar-refractivity contribution in [1.82, 2.24) is 4.98 Å². The average molecular weight is 312 g/mol. The van der Waals surface area contributed by atoms with Gasteiger partial charge >= 0.3 is 0 Å². The van der Waals surface area contributed by atoms with E-state index in [2.05, 4.69) is 60.7 Å². The maximum atomic E-state index is 5.95. The van der Waals surface area contributed by atoms with Crippen LogP contribution in [0.3, 0.4) is 0 Å². The number of hydrogen-bond acceptors (Lipinski definition) is 2. The second-order valence-corrected chi connectivity index (χ2v) is 6.55. The van der Waals surface area contributed by atoms with E-state index in [1.54, 1.807) is 0 Å². The van der Waals surface area contributed by atoms with Gasteiger partial charge in [0.1, 0.15) is 0 Å². The SMILES string of the molecule is CC1OC(C)C(C(Br)C(C)c2ccncc2)C1C. The third-order valence-corrected chi connectivity index (χ3v) is 5.80. The number of hydrogen-bond donors (Lipinski definition) is 0. The molecule has 0 radical (unpaired) electrons. The fourth-order valence-electron chi connectivity index (χ4n) is 3.03. The normalized spacial score (nSPS) is 35.4. The van der Waals surface area contributed by atoms with Crippen LogP contribution in [0.1, 0.15) is 39.2 Å². The second-order valence-electron chi connectivity index (χ2n) is 5.50. The molecular weight excluding hydrogens is 290 g/mol. The Balaban J connectivity index is 2.14. The van der Waals surface area contributed by atoms with Crippen molar-refractivity contribution in [3.63, 3.8) is 0 Å². The van der Waals surface area contributed by atoms with E-state index in [9.17, 15) is 0 Å². The monoisotopic (exact) mass is 311 g/mol. The van der Waals surface area contributed by atoms with Crippen LogP contribution in [-0.4, -0.2) is 22.0 Å². The van der Waals surface area contributed by atoms with Gasteiger partial charge in [-0.25, -0.2) is 0 Å². The molecule has 0 aliphatic carbocycles. The zero-order valence-corrected chi connectivity index (χ0v) is 13.1. The summed E-state index contributed by atoms with van der Waals surface area (Å²) in [5, 5.41) is 0. The Bertz CT molecular complexity index is 383. The van der Waals surface area contributed by atoms with E-state index in [-0.39, 0.29) is 0 Å². The van der Waals surface area contributed by atoms with Crippen molar-refractivity contribution in [2.45, 2.75) is 50.6 Å². The summed E-state index contributed by atoms with van der Waals surface area (Å²) in [5.41, 5.74) is 1.34. The summed E-state index contributed by atoms with van der Waals surface area (Å²) >= 11 is 3.91. The fourth-order valence-corrected chi connectivity index (χ4v) is 4.24. The predicted molar refractivity (Wildman–Crippen MR) is 78.0 cm³/mol. The first-order chi connectivity index (χ1) is 8.52. The summed E-state index contributed by atoms with van der Waals surface area (Å²) in [4.78, 5) is 4.53. The van der Waals surface area contributed by atoms with Crippen molar-refractivity contribution in [2.24, 2.45) is 11.8 Å². The average Bonchev–Trinajstić information content (AvgIpc) is 2.63. The molecule has 100 valence electrons. The van der Waals surface area contributed by atoms with Gasteiger partial charge in [0, 0.05) is 23.1 Å². The minimum atomic E-state index is 0.323. The fraction of sp³-hybridized carbons (Fsp3) is 0.667. The molecule has 6 atom stereocenters. The predicted octanol–water partition coefficient (Wildman–Crippen LogP) is 4.01. The molecule has 18 heavy (non-hydrogen) atoms. The molecule has 2 rings (SSSR count). The maximum Gasteiger partial charge on any atom is 0.0593 e. The van der Waals surface area contributed by atoms with E-state index in [1.165, 1.54) is 5.56 Å². The van der Waals surface area contributed by atoms with Crippen LogP contribution < -0.4 is 0 Å². The standard InChI is InChI=1S/C15H22BrNO/c1-9-11(3)18-12(4)14(9)15(16)10(2)13-5-7-17-8-6-13/h5-12,14-15H,1-4H3. The zero-order valence-electron chi connectivity index (χ0n) is 11.5. The number of pyridine rings is 1. The summed E-state index contributed by atoms with van der Waals surface area (Å²) in [6.45, 7) is 8.94. The van der Waals surface area contributed by atoms with Gasteiger partial charge in [-0.15, -0.1) is 0 Å². The number of halogens is 1. The lowest BCUT2D eigenvalue weighted by Crippen LogP contribution is -2.30. The zero-order chi connectivity index (χ0) is 13.3. The van der Waals surface area contributed by atoms with Crippen molar-refractivity contribution in [3.05, 3.63) is 30.1 Å². The first-order valence-electron chi connectivity index (χ1n) is 6.71. The number of rotatable bonds is 3. The highest BCUT2D eigenvalue weighted by Gasteiger charge is 2.42. The summed E-state index contributed by atoms with van der Waals surface area (Å²) < 4.78 is 5.95. The molecule has 2 nitrogen and oxygen atoms in total. The van der Waals surface area contributed by atoms with Gasteiger partial charge in [0.05, 0.1) is 12.2 Å². The van der Waals surface area contributed by atoms with Gasteiger partial charge in [-0.1, -0.05) is 29.8 Å². The van der Waals surface area contributed by atoms with Crippen LogP contribution in [0.25, 0.3) is 0 Å². The van der Waals surface area contributed by atoms with Crippen molar-refractivity contribution >= 4 is 15.9 Å². The lowest BCUT2D eigenvalue weighted by atomic mass is 9.81. The molecule has 2 heterocycles. The number of alkyl halides is 1. The Morgan fingerprint density at radius 1 is 1.17 bits per heavy atom. The largest absolute Gasteiger partial charge is 0.375 e. The minimum Gasteiger partial charge on any atom is -0.375 e. The second kappa shape index (κ2) is 5.70. The van der Waals surface area contributed by atoms with E-state index in [0.717, 1.165) is 0 Å². The Labute approximate surface area is 118 Å². The van der Waals surface area contributed by atoms with Crippen molar-refractivity contribution < 1.29 is 4.74 Å². The van der Waals surface area contributed by atoms with Gasteiger partial charge < -0.3 is 4.74 Å². The minimum absolute atomic E-state index is 0.323. The van der Waals surface area contributed by atoms with E-state index >= 15 is 0 Å². The molecule has 0 spiro atoms. The Morgan fingerprint density at radius 3 is 2.28 bits per heavy atom. The highest BCUT2D eigenvalue weighted by Crippen LogP contribution is 2.42. The topological polar surface area (TPSA) is 22.1 Å². The maximum absolute atomic E-state index is 5.95. The van der Waals surface area contributed by atoms with E-state index in [0.29, 0.717) is 34.8 Å². The van der Waals surface area contributed by atoms with Crippen LogP contribution >= 0.6 is 15.9 Å². The van der Waals surface area contributed by atoms with Crippen LogP contribution in [0.5, 0.6) is 0 Å². The van der Waals surface area contributed by atoms with Gasteiger partial charge in [0.25, 0.3) is 0 Å². The molecule has 0 bridgehead atoms. The van der Waals surface area contributed by atoms with E-state index in [1.807, 2.05) is 12.4 Å². The van der Waals surface area contributed by atoms with Crippen LogP contribution in [0.4, 0.5) is 0 Å². The number of ether oxygens (including phenoxy) is 1. The third kappa shape index (κ3) is 2.62. The summed E-state index contributed by atoms with van der Waals surface area (Å²) in [6, 6.07) is 4.21. The highest BCUT2D eigenvalue weighted by atomic mass is 79.9. The lowest BCUT2D eigenvalue weighted by molar-refractivity contribution is 0.0507. The molecular formula is C15H22BrNO. The molecule has 0 aromatic carbocycles. The highest BCUT2D eigenvalue weighted by molar-refractivity contribution is 9.09. The summed E-state index contributed by atoms with van der Waals surface area (Å²) in [7, 11) is 0. The van der Waals surface area contributed by atoms with Crippen LogP contribution in [0, 0.1) is 11.8 Å². The van der Waals surface area contributed by atoms with E-state index in [4.69, 9.17) is 4.74 Å². The van der Waals surface area contributed by atoms with Crippen LogP contribution in [0.2, 0.25) is 0 Å². The molecule has 0 N–H and O–H groups in total. The van der Waals surface area contributed by atoms with Gasteiger partial charge in [0.15, 0.2) is 0 Å². The molecule has 1 saturated heterocycles. The first kappa shape index (κ1) is 14.0. The first-order valence-corrected chi connectivity index (χ1v) is 7.63. The number of nitrogens with zero attached hydrogens (tertiary/aromatic N) is 1. The van der Waals surface area contributed by atoms with Crippen LogP contribution in [0.15, 0.2) is 24.5 Å². The van der Waals surface area contributed by atoms with E-state index < -0.39 is 0 Å². The Hall–Kier alpha value is -0.410. The molecule has 1 aromatic rings. The number of aromatic nitrogens is 1. The van der Waals surface area contributed by atoms with Crippen LogP contribution in [-0.2, 0) is 4.74 Å². The van der Waals surface area contributed by atoms with Crippen molar-refractivity contribution in [2.75, 3.05) is 0 Å². The molecule has 0 saturated carbocycles. The summed E-state index contributed by atoms with van der Waals surface area (Å²) in [6.07, 6.45) is 4.41. The molecule has 1 aromatic heterocycles. The lowest BCUT2D eigenvalue weighted by Gasteiger charge is -2.29. The Morgan fingerprint density at radius 2 is 1.78 bits per heavy atom. The van der Waals surface area contributed by atoms with Gasteiger partial charge in [0.2, 0.25) is 0 Å². The molecule has 1 fully saturated rings. The van der Waals surface area contributed by atoms with Gasteiger partial charge in [-0.3, -0.25) is 4.98 Å². The van der Waals surface area contributed by atoms with Gasteiger partial charge in [-0.2, -0.15) is 0 Å². The van der Waals surface area contributed by atoms with Crippen molar-refractivity contribution in [3.8, 4) is 0 Å². The van der Waals surface area contributed by atoms with Crippen molar-refractivity contribution in [1.29, 1.82) is 0 Å². The molecule has 1 aliphatic heterocycles. The van der Waals surface area contributed by atoms with Gasteiger partial charge in [-0.05, 0) is 43.4 Å². The molecule has 0 amide bonds. The molecule has 6 unspecified atom stereocenters. The Kier molecular flexibility index (Phi) is 4.44. The molecule has 3 heteroatoms. The summed E-state index contributed by atoms with van der Waals surface area (Å²) in [5.74, 6) is 1.62. The quantitative estimate of drug-likeness (QED) is 0.787. The third-order valence-electron chi connectivity index (χ3n) is 4.40. The molecule has 1 aliphatic rings.